The zero-order chi connectivity index (χ0) is 12.1. The van der Waals surface area contributed by atoms with Crippen molar-refractivity contribution in [3.8, 4) is 0 Å². The fraction of sp³-hybridized carbons (Fsp3) is 0.538. The van der Waals surface area contributed by atoms with Crippen LogP contribution in [0, 0.1) is 0 Å². The first-order valence-corrected chi connectivity index (χ1v) is 6.36. The van der Waals surface area contributed by atoms with Crippen LogP contribution < -0.4 is 5.32 Å². The monoisotopic (exact) mass is 255 g/mol. The Hall–Kier alpha value is -0.610. The molecule has 0 heterocycles. The van der Waals surface area contributed by atoms with Gasteiger partial charge in [0.05, 0.1) is 19.8 Å². The third-order valence-electron chi connectivity index (χ3n) is 3.02. The topological polar surface area (TPSA) is 41.5 Å². The van der Waals surface area contributed by atoms with E-state index in [1.54, 1.807) is 0 Å². The molecule has 0 amide bonds. The van der Waals surface area contributed by atoms with Gasteiger partial charge in [-0.05, 0) is 36.1 Å². The Kier molecular flexibility index (Phi) is 4.80. The van der Waals surface area contributed by atoms with Crippen LogP contribution in [0.1, 0.15) is 11.1 Å². The summed E-state index contributed by atoms with van der Waals surface area (Å²) in [5, 5.41) is 12.8. The summed E-state index contributed by atoms with van der Waals surface area (Å²) < 4.78 is 5.21. The summed E-state index contributed by atoms with van der Waals surface area (Å²) in [5.41, 5.74) is 2.74. The highest BCUT2D eigenvalue weighted by molar-refractivity contribution is 6.30. The van der Waals surface area contributed by atoms with Gasteiger partial charge < -0.3 is 15.2 Å². The molecule has 1 aliphatic carbocycles. The van der Waals surface area contributed by atoms with Crippen LogP contribution in [0.2, 0.25) is 5.02 Å². The number of halogens is 1. The van der Waals surface area contributed by atoms with E-state index in [1.807, 2.05) is 6.07 Å². The fourth-order valence-corrected chi connectivity index (χ4v) is 2.43. The highest BCUT2D eigenvalue weighted by Crippen LogP contribution is 2.25. The van der Waals surface area contributed by atoms with Gasteiger partial charge in [0.25, 0.3) is 0 Å². The average molecular weight is 256 g/mol. The summed E-state index contributed by atoms with van der Waals surface area (Å²) in [6.45, 7) is 1.98. The number of aliphatic hydroxyl groups excluding tert-OH is 1. The van der Waals surface area contributed by atoms with Crippen LogP contribution in [0.3, 0.4) is 0 Å². The summed E-state index contributed by atoms with van der Waals surface area (Å²) in [5.74, 6) is 0. The van der Waals surface area contributed by atoms with Crippen molar-refractivity contribution in [2.75, 3.05) is 26.4 Å². The standard InChI is InChI=1S/C13H18ClNO2/c14-12-2-1-10-8-13(9-11(10)7-12)15-3-5-17-6-4-16/h1-2,7,13,15-16H,3-6,8-9H2. The van der Waals surface area contributed by atoms with Gasteiger partial charge in [-0.3, -0.25) is 0 Å². The van der Waals surface area contributed by atoms with E-state index in [-0.39, 0.29) is 6.61 Å². The number of aliphatic hydroxyl groups is 1. The first kappa shape index (κ1) is 12.8. The molecule has 0 aliphatic heterocycles. The summed E-state index contributed by atoms with van der Waals surface area (Å²) in [4.78, 5) is 0. The molecule has 1 aliphatic rings. The zero-order valence-corrected chi connectivity index (χ0v) is 10.5. The summed E-state index contributed by atoms with van der Waals surface area (Å²) in [7, 11) is 0. The minimum absolute atomic E-state index is 0.0906. The predicted octanol–water partition coefficient (Wildman–Crippen LogP) is 1.41. The lowest BCUT2D eigenvalue weighted by Gasteiger charge is -2.11. The minimum atomic E-state index is 0.0906. The molecule has 0 fully saturated rings. The van der Waals surface area contributed by atoms with Crippen molar-refractivity contribution in [1.29, 1.82) is 0 Å². The molecule has 0 saturated heterocycles. The second-order valence-corrected chi connectivity index (χ2v) is 4.74. The van der Waals surface area contributed by atoms with Crippen LogP contribution >= 0.6 is 11.6 Å². The molecule has 94 valence electrons. The maximum absolute atomic E-state index is 8.56. The highest BCUT2D eigenvalue weighted by atomic mass is 35.5. The smallest absolute Gasteiger partial charge is 0.0698 e. The molecule has 4 heteroatoms. The van der Waals surface area contributed by atoms with Gasteiger partial charge in [-0.1, -0.05) is 17.7 Å². The lowest BCUT2D eigenvalue weighted by Crippen LogP contribution is -2.32. The van der Waals surface area contributed by atoms with Crippen LogP contribution in [0.25, 0.3) is 0 Å². The van der Waals surface area contributed by atoms with Gasteiger partial charge in [-0.15, -0.1) is 0 Å². The molecule has 2 N–H and O–H groups in total. The quantitative estimate of drug-likeness (QED) is 0.756. The van der Waals surface area contributed by atoms with Crippen molar-refractivity contribution < 1.29 is 9.84 Å². The van der Waals surface area contributed by atoms with Gasteiger partial charge in [0.1, 0.15) is 0 Å². The van der Waals surface area contributed by atoms with Crippen molar-refractivity contribution in [3.05, 3.63) is 34.3 Å². The average Bonchev–Trinajstić information content (AvgIpc) is 2.70. The number of nitrogens with one attached hydrogen (secondary N) is 1. The summed E-state index contributed by atoms with van der Waals surface area (Å²) in [6.07, 6.45) is 2.10. The SMILES string of the molecule is OCCOCCNC1Cc2ccc(Cl)cc2C1. The van der Waals surface area contributed by atoms with E-state index in [2.05, 4.69) is 17.4 Å². The van der Waals surface area contributed by atoms with E-state index >= 15 is 0 Å². The number of benzene rings is 1. The molecule has 0 aromatic heterocycles. The number of fused-ring (bicyclic) bond motifs is 1. The maximum atomic E-state index is 8.56. The Morgan fingerprint density at radius 1 is 1.29 bits per heavy atom. The van der Waals surface area contributed by atoms with Crippen LogP contribution in [-0.2, 0) is 17.6 Å². The first-order valence-electron chi connectivity index (χ1n) is 5.99. The summed E-state index contributed by atoms with van der Waals surface area (Å²) >= 11 is 5.97. The van der Waals surface area contributed by atoms with Crippen molar-refractivity contribution in [2.24, 2.45) is 0 Å². The normalized spacial score (nSPS) is 18.4. The van der Waals surface area contributed by atoms with Crippen molar-refractivity contribution >= 4 is 11.6 Å². The Balaban J connectivity index is 1.73. The Morgan fingerprint density at radius 2 is 2.12 bits per heavy atom. The van der Waals surface area contributed by atoms with Crippen molar-refractivity contribution in [2.45, 2.75) is 18.9 Å². The molecule has 2 rings (SSSR count). The van der Waals surface area contributed by atoms with Gasteiger partial charge in [0.2, 0.25) is 0 Å². The van der Waals surface area contributed by atoms with E-state index in [4.69, 9.17) is 21.4 Å². The third kappa shape index (κ3) is 3.68. The predicted molar refractivity (Wildman–Crippen MR) is 68.6 cm³/mol. The highest BCUT2D eigenvalue weighted by Gasteiger charge is 2.20. The second kappa shape index (κ2) is 6.36. The fourth-order valence-electron chi connectivity index (χ4n) is 2.23. The molecule has 1 atom stereocenters. The Bertz CT molecular complexity index is 370. The van der Waals surface area contributed by atoms with Crippen LogP contribution in [-0.4, -0.2) is 37.5 Å². The number of hydrogen-bond donors (Lipinski definition) is 2. The van der Waals surface area contributed by atoms with Crippen LogP contribution in [0.4, 0.5) is 0 Å². The lowest BCUT2D eigenvalue weighted by atomic mass is 10.1. The molecule has 17 heavy (non-hydrogen) atoms. The second-order valence-electron chi connectivity index (χ2n) is 4.31. The molecule has 3 nitrogen and oxygen atoms in total. The van der Waals surface area contributed by atoms with Gasteiger partial charge in [-0.2, -0.15) is 0 Å². The first-order chi connectivity index (χ1) is 8.29. The van der Waals surface area contributed by atoms with E-state index in [1.165, 1.54) is 11.1 Å². The van der Waals surface area contributed by atoms with E-state index in [9.17, 15) is 0 Å². The molecule has 0 spiro atoms. The van der Waals surface area contributed by atoms with Crippen LogP contribution in [0.5, 0.6) is 0 Å². The molecular weight excluding hydrogens is 238 g/mol. The minimum Gasteiger partial charge on any atom is -0.394 e. The van der Waals surface area contributed by atoms with Gasteiger partial charge in [0, 0.05) is 17.6 Å². The molecule has 0 bridgehead atoms. The molecule has 0 radical (unpaired) electrons. The molecule has 0 saturated carbocycles. The van der Waals surface area contributed by atoms with Gasteiger partial charge in [0.15, 0.2) is 0 Å². The molecule has 1 aromatic carbocycles. The third-order valence-corrected chi connectivity index (χ3v) is 3.25. The lowest BCUT2D eigenvalue weighted by molar-refractivity contribution is 0.0927. The Morgan fingerprint density at radius 3 is 2.94 bits per heavy atom. The van der Waals surface area contributed by atoms with E-state index in [0.29, 0.717) is 19.3 Å². The number of rotatable bonds is 6. The number of ether oxygens (including phenoxy) is 1. The van der Waals surface area contributed by atoms with Crippen LogP contribution in [0.15, 0.2) is 18.2 Å². The maximum Gasteiger partial charge on any atom is 0.0698 e. The largest absolute Gasteiger partial charge is 0.394 e. The number of hydrogen-bond acceptors (Lipinski definition) is 3. The Labute approximate surface area is 107 Å². The van der Waals surface area contributed by atoms with Crippen molar-refractivity contribution in [3.63, 3.8) is 0 Å². The zero-order valence-electron chi connectivity index (χ0n) is 9.79. The van der Waals surface area contributed by atoms with Gasteiger partial charge in [-0.25, -0.2) is 0 Å². The molecule has 1 aromatic rings. The van der Waals surface area contributed by atoms with E-state index in [0.717, 1.165) is 24.4 Å². The molecular formula is C13H18ClNO2. The van der Waals surface area contributed by atoms with Crippen molar-refractivity contribution in [1.82, 2.24) is 5.32 Å². The van der Waals surface area contributed by atoms with Gasteiger partial charge >= 0.3 is 0 Å². The molecule has 1 unspecified atom stereocenters. The van der Waals surface area contributed by atoms with E-state index < -0.39 is 0 Å². The summed E-state index contributed by atoms with van der Waals surface area (Å²) in [6, 6.07) is 6.61.